The van der Waals surface area contributed by atoms with E-state index in [2.05, 4.69) is 4.72 Å². The van der Waals surface area contributed by atoms with Crippen molar-refractivity contribution in [3.8, 4) is 5.75 Å². The summed E-state index contributed by atoms with van der Waals surface area (Å²) < 4.78 is 31.7. The van der Waals surface area contributed by atoms with Gasteiger partial charge < -0.3 is 10.5 Å². The third-order valence-electron chi connectivity index (χ3n) is 3.30. The van der Waals surface area contributed by atoms with E-state index in [0.717, 1.165) is 12.8 Å². The fourth-order valence-electron chi connectivity index (χ4n) is 1.87. The minimum atomic E-state index is -3.47. The van der Waals surface area contributed by atoms with E-state index in [9.17, 15) is 8.42 Å². The van der Waals surface area contributed by atoms with Crippen molar-refractivity contribution in [2.45, 2.75) is 24.2 Å². The minimum absolute atomic E-state index is 0.188. The van der Waals surface area contributed by atoms with Gasteiger partial charge in [-0.1, -0.05) is 6.42 Å². The van der Waals surface area contributed by atoms with Crippen LogP contribution in [0.25, 0.3) is 0 Å². The molecule has 1 saturated carbocycles. The first-order chi connectivity index (χ1) is 8.53. The SMILES string of the molecule is COc1cc(S(=O)(=O)NCC2CCC2)ccc1N. The Kier molecular flexibility index (Phi) is 3.77. The van der Waals surface area contributed by atoms with Crippen molar-refractivity contribution < 1.29 is 13.2 Å². The van der Waals surface area contributed by atoms with E-state index in [0.29, 0.717) is 23.9 Å². The molecule has 0 spiro atoms. The van der Waals surface area contributed by atoms with Gasteiger partial charge in [-0.3, -0.25) is 0 Å². The molecule has 1 aromatic rings. The maximum atomic E-state index is 12.0. The highest BCUT2D eigenvalue weighted by Crippen LogP contribution is 2.27. The van der Waals surface area contributed by atoms with Gasteiger partial charge in [-0.05, 0) is 30.9 Å². The third kappa shape index (κ3) is 2.76. The van der Waals surface area contributed by atoms with Gasteiger partial charge in [-0.25, -0.2) is 13.1 Å². The van der Waals surface area contributed by atoms with Crippen molar-refractivity contribution >= 4 is 15.7 Å². The minimum Gasteiger partial charge on any atom is -0.495 e. The Morgan fingerprint density at radius 1 is 1.44 bits per heavy atom. The summed E-state index contributed by atoms with van der Waals surface area (Å²) in [6, 6.07) is 4.47. The van der Waals surface area contributed by atoms with E-state index in [4.69, 9.17) is 10.5 Å². The third-order valence-corrected chi connectivity index (χ3v) is 4.72. The maximum Gasteiger partial charge on any atom is 0.240 e. The lowest BCUT2D eigenvalue weighted by Gasteiger charge is -2.25. The molecule has 6 heteroatoms. The fourth-order valence-corrected chi connectivity index (χ4v) is 3.00. The number of ether oxygens (including phenoxy) is 1. The van der Waals surface area contributed by atoms with E-state index >= 15 is 0 Å². The lowest BCUT2D eigenvalue weighted by Crippen LogP contribution is -2.32. The lowest BCUT2D eigenvalue weighted by molar-refractivity contribution is 0.316. The molecule has 5 nitrogen and oxygen atoms in total. The van der Waals surface area contributed by atoms with Crippen LogP contribution in [-0.4, -0.2) is 22.1 Å². The predicted octanol–water partition coefficient (Wildman–Crippen LogP) is 1.36. The molecule has 0 aromatic heterocycles. The maximum absolute atomic E-state index is 12.0. The van der Waals surface area contributed by atoms with Crippen LogP contribution in [-0.2, 0) is 10.0 Å². The number of rotatable bonds is 5. The smallest absolute Gasteiger partial charge is 0.240 e. The summed E-state index contributed by atoms with van der Waals surface area (Å²) in [4.78, 5) is 0.188. The van der Waals surface area contributed by atoms with Crippen molar-refractivity contribution in [3.05, 3.63) is 18.2 Å². The second kappa shape index (κ2) is 5.16. The second-order valence-corrected chi connectivity index (χ2v) is 6.32. The van der Waals surface area contributed by atoms with Crippen LogP contribution in [0.4, 0.5) is 5.69 Å². The molecule has 1 aromatic carbocycles. The van der Waals surface area contributed by atoms with E-state index in [-0.39, 0.29) is 4.90 Å². The van der Waals surface area contributed by atoms with E-state index in [1.54, 1.807) is 0 Å². The molecule has 0 bridgehead atoms. The van der Waals surface area contributed by atoms with Gasteiger partial charge in [-0.15, -0.1) is 0 Å². The van der Waals surface area contributed by atoms with Crippen LogP contribution in [0.2, 0.25) is 0 Å². The molecule has 0 unspecified atom stereocenters. The zero-order chi connectivity index (χ0) is 13.2. The molecule has 0 atom stereocenters. The van der Waals surface area contributed by atoms with Crippen LogP contribution in [0, 0.1) is 5.92 Å². The number of nitrogen functional groups attached to an aromatic ring is 1. The molecule has 1 aliphatic rings. The number of benzene rings is 1. The topological polar surface area (TPSA) is 81.4 Å². The monoisotopic (exact) mass is 270 g/mol. The molecular formula is C12H18N2O3S. The molecule has 2 rings (SSSR count). The average molecular weight is 270 g/mol. The Morgan fingerprint density at radius 2 is 2.17 bits per heavy atom. The van der Waals surface area contributed by atoms with Gasteiger partial charge in [0.05, 0.1) is 17.7 Å². The highest BCUT2D eigenvalue weighted by molar-refractivity contribution is 7.89. The summed E-state index contributed by atoms with van der Waals surface area (Å²) in [5, 5.41) is 0. The Morgan fingerprint density at radius 3 is 2.72 bits per heavy atom. The van der Waals surface area contributed by atoms with Gasteiger partial charge in [0, 0.05) is 12.6 Å². The first kappa shape index (κ1) is 13.2. The van der Waals surface area contributed by atoms with Gasteiger partial charge in [-0.2, -0.15) is 0 Å². The normalized spacial score (nSPS) is 16.3. The molecule has 0 amide bonds. The summed E-state index contributed by atoms with van der Waals surface area (Å²) in [5.41, 5.74) is 6.08. The Labute approximate surface area is 107 Å². The first-order valence-corrected chi connectivity index (χ1v) is 7.44. The van der Waals surface area contributed by atoms with Crippen LogP contribution in [0.15, 0.2) is 23.1 Å². The Balaban J connectivity index is 2.12. The molecule has 100 valence electrons. The molecule has 18 heavy (non-hydrogen) atoms. The van der Waals surface area contributed by atoms with Gasteiger partial charge in [0.25, 0.3) is 0 Å². The van der Waals surface area contributed by atoms with Gasteiger partial charge in [0.2, 0.25) is 10.0 Å². The van der Waals surface area contributed by atoms with Crippen LogP contribution < -0.4 is 15.2 Å². The van der Waals surface area contributed by atoms with Gasteiger partial charge in [0.15, 0.2) is 0 Å². The van der Waals surface area contributed by atoms with Crippen LogP contribution in [0.5, 0.6) is 5.75 Å². The molecule has 3 N–H and O–H groups in total. The fraction of sp³-hybridized carbons (Fsp3) is 0.500. The molecular weight excluding hydrogens is 252 g/mol. The number of nitrogens with two attached hydrogens (primary N) is 1. The van der Waals surface area contributed by atoms with E-state index in [1.807, 2.05) is 0 Å². The number of nitrogens with one attached hydrogen (secondary N) is 1. The van der Waals surface area contributed by atoms with Crippen molar-refractivity contribution in [3.63, 3.8) is 0 Å². The van der Waals surface area contributed by atoms with E-state index in [1.165, 1.54) is 31.7 Å². The zero-order valence-corrected chi connectivity index (χ0v) is 11.2. The molecule has 0 radical (unpaired) electrons. The molecule has 1 fully saturated rings. The largest absolute Gasteiger partial charge is 0.495 e. The molecule has 1 aliphatic carbocycles. The number of hydrogen-bond acceptors (Lipinski definition) is 4. The highest BCUT2D eigenvalue weighted by Gasteiger charge is 2.21. The second-order valence-electron chi connectivity index (χ2n) is 4.55. The molecule has 0 heterocycles. The predicted molar refractivity (Wildman–Crippen MR) is 69.9 cm³/mol. The number of methoxy groups -OCH3 is 1. The van der Waals surface area contributed by atoms with Crippen molar-refractivity contribution in [2.24, 2.45) is 5.92 Å². The Bertz CT molecular complexity index is 524. The highest BCUT2D eigenvalue weighted by atomic mass is 32.2. The lowest BCUT2D eigenvalue weighted by atomic mass is 9.86. The number of anilines is 1. The summed E-state index contributed by atoms with van der Waals surface area (Å²) >= 11 is 0. The zero-order valence-electron chi connectivity index (χ0n) is 10.3. The van der Waals surface area contributed by atoms with E-state index < -0.39 is 10.0 Å². The number of hydrogen-bond donors (Lipinski definition) is 2. The van der Waals surface area contributed by atoms with Gasteiger partial charge >= 0.3 is 0 Å². The standard InChI is InChI=1S/C12H18N2O3S/c1-17-12-7-10(5-6-11(12)13)18(15,16)14-8-9-3-2-4-9/h5-7,9,14H,2-4,8,13H2,1H3. The van der Waals surface area contributed by atoms with Crippen molar-refractivity contribution in [1.82, 2.24) is 4.72 Å². The van der Waals surface area contributed by atoms with Crippen molar-refractivity contribution in [1.29, 1.82) is 0 Å². The summed E-state index contributed by atoms with van der Waals surface area (Å²) in [6.07, 6.45) is 3.41. The summed E-state index contributed by atoms with van der Waals surface area (Å²) in [5.74, 6) is 0.858. The number of sulfonamides is 1. The molecule has 0 saturated heterocycles. The Hall–Kier alpha value is -1.27. The van der Waals surface area contributed by atoms with Gasteiger partial charge in [0.1, 0.15) is 5.75 Å². The average Bonchev–Trinajstić information content (AvgIpc) is 2.27. The van der Waals surface area contributed by atoms with Crippen molar-refractivity contribution in [2.75, 3.05) is 19.4 Å². The summed E-state index contributed by atoms with van der Waals surface area (Å²) in [6.45, 7) is 0.509. The first-order valence-electron chi connectivity index (χ1n) is 5.96. The molecule has 0 aliphatic heterocycles. The van der Waals surface area contributed by atoms with Crippen LogP contribution in [0.3, 0.4) is 0 Å². The van der Waals surface area contributed by atoms with Crippen LogP contribution >= 0.6 is 0 Å². The summed E-state index contributed by atoms with van der Waals surface area (Å²) in [7, 11) is -2.00. The van der Waals surface area contributed by atoms with Crippen LogP contribution in [0.1, 0.15) is 19.3 Å². The quantitative estimate of drug-likeness (QED) is 0.791.